The summed E-state index contributed by atoms with van der Waals surface area (Å²) in [5.74, 6) is 3.16. The highest BCUT2D eigenvalue weighted by Crippen LogP contribution is 2.56. The zero-order valence-corrected chi connectivity index (χ0v) is 6.61. The quantitative estimate of drug-likeness (QED) is 0.520. The van der Waals surface area contributed by atoms with E-state index >= 15 is 0 Å². The topological polar surface area (TPSA) is 20.2 Å². The smallest absolute Gasteiger partial charge is 0.0757 e. The first-order valence-electron chi connectivity index (χ1n) is 4.72. The average molecular weight is 150 g/mol. The van der Waals surface area contributed by atoms with Crippen molar-refractivity contribution in [2.24, 2.45) is 23.7 Å². The third kappa shape index (κ3) is 0.652. The van der Waals surface area contributed by atoms with Gasteiger partial charge in [0.2, 0.25) is 0 Å². The monoisotopic (exact) mass is 150 g/mol. The second-order valence-electron chi connectivity index (χ2n) is 4.36. The van der Waals surface area contributed by atoms with Crippen LogP contribution < -0.4 is 0 Å². The molecule has 3 aliphatic carbocycles. The van der Waals surface area contributed by atoms with E-state index in [2.05, 4.69) is 6.08 Å². The van der Waals surface area contributed by atoms with E-state index in [1.807, 2.05) is 6.08 Å². The lowest BCUT2D eigenvalue weighted by molar-refractivity contribution is 0.105. The van der Waals surface area contributed by atoms with Crippen LogP contribution in [-0.2, 0) is 0 Å². The van der Waals surface area contributed by atoms with Crippen molar-refractivity contribution in [3.63, 3.8) is 0 Å². The lowest BCUT2D eigenvalue weighted by Crippen LogP contribution is -2.25. The van der Waals surface area contributed by atoms with Crippen LogP contribution in [0.1, 0.15) is 19.3 Å². The van der Waals surface area contributed by atoms with Crippen molar-refractivity contribution >= 4 is 0 Å². The Balaban J connectivity index is 1.96. The molecule has 1 heteroatoms. The second-order valence-corrected chi connectivity index (χ2v) is 4.36. The minimum Gasteiger partial charge on any atom is -0.389 e. The summed E-state index contributed by atoms with van der Waals surface area (Å²) in [7, 11) is 0. The molecule has 2 bridgehead atoms. The SMILES string of the molecule is O[C@H]1C=C[C@H]2[C@H]3CC[C@@H](C3)[C@H]21. The van der Waals surface area contributed by atoms with Crippen molar-refractivity contribution in [1.82, 2.24) is 0 Å². The number of rotatable bonds is 0. The van der Waals surface area contributed by atoms with E-state index in [0.717, 1.165) is 17.8 Å². The normalized spacial score (nSPS) is 58.8. The Kier molecular flexibility index (Phi) is 1.07. The summed E-state index contributed by atoms with van der Waals surface area (Å²) in [4.78, 5) is 0. The van der Waals surface area contributed by atoms with E-state index in [4.69, 9.17) is 0 Å². The Labute approximate surface area is 67.1 Å². The fourth-order valence-electron chi connectivity index (χ4n) is 3.54. The second kappa shape index (κ2) is 1.89. The van der Waals surface area contributed by atoms with Crippen LogP contribution in [0.3, 0.4) is 0 Å². The molecule has 0 aliphatic heterocycles. The summed E-state index contributed by atoms with van der Waals surface area (Å²) < 4.78 is 0. The van der Waals surface area contributed by atoms with Gasteiger partial charge in [-0.3, -0.25) is 0 Å². The molecule has 60 valence electrons. The maximum absolute atomic E-state index is 9.63. The molecular weight excluding hydrogens is 136 g/mol. The van der Waals surface area contributed by atoms with E-state index in [0.29, 0.717) is 5.92 Å². The van der Waals surface area contributed by atoms with Crippen LogP contribution in [0.5, 0.6) is 0 Å². The first kappa shape index (κ1) is 6.24. The summed E-state index contributed by atoms with van der Waals surface area (Å²) in [6.07, 6.45) is 8.37. The van der Waals surface area contributed by atoms with Gasteiger partial charge in [-0.15, -0.1) is 0 Å². The van der Waals surface area contributed by atoms with Crippen LogP contribution >= 0.6 is 0 Å². The van der Waals surface area contributed by atoms with Crippen molar-refractivity contribution in [1.29, 1.82) is 0 Å². The molecule has 3 aliphatic rings. The minimum absolute atomic E-state index is 0.102. The third-order valence-electron chi connectivity index (χ3n) is 3.97. The zero-order valence-electron chi connectivity index (χ0n) is 6.61. The van der Waals surface area contributed by atoms with Crippen molar-refractivity contribution in [3.05, 3.63) is 12.2 Å². The van der Waals surface area contributed by atoms with E-state index < -0.39 is 0 Å². The van der Waals surface area contributed by atoms with Gasteiger partial charge in [-0.1, -0.05) is 12.2 Å². The lowest BCUT2D eigenvalue weighted by Gasteiger charge is -2.26. The Hall–Kier alpha value is -0.300. The fourth-order valence-corrected chi connectivity index (χ4v) is 3.54. The first-order chi connectivity index (χ1) is 5.36. The van der Waals surface area contributed by atoms with Crippen LogP contribution in [0.15, 0.2) is 12.2 Å². The van der Waals surface area contributed by atoms with Crippen molar-refractivity contribution in [2.75, 3.05) is 0 Å². The van der Waals surface area contributed by atoms with Crippen LogP contribution in [0, 0.1) is 23.7 Å². The molecule has 5 atom stereocenters. The van der Waals surface area contributed by atoms with Crippen molar-refractivity contribution in [2.45, 2.75) is 25.4 Å². The Morgan fingerprint density at radius 3 is 2.73 bits per heavy atom. The fraction of sp³-hybridized carbons (Fsp3) is 0.800. The number of fused-ring (bicyclic) bond motifs is 5. The van der Waals surface area contributed by atoms with Crippen molar-refractivity contribution in [3.8, 4) is 0 Å². The highest BCUT2D eigenvalue weighted by Gasteiger charge is 2.50. The standard InChI is InChI=1S/C10H14O/c11-9-4-3-8-6-1-2-7(5-6)10(8)9/h3-4,6-11H,1-2,5H2/t6-,7-,8-,9-,10+/m0/s1. The molecule has 0 unspecified atom stereocenters. The summed E-state index contributed by atoms with van der Waals surface area (Å²) in [5.41, 5.74) is 0. The molecular formula is C10H14O. The third-order valence-corrected chi connectivity index (χ3v) is 3.97. The van der Waals surface area contributed by atoms with E-state index in [1.54, 1.807) is 0 Å². The molecule has 1 N–H and O–H groups in total. The first-order valence-corrected chi connectivity index (χ1v) is 4.72. The van der Waals surface area contributed by atoms with Gasteiger partial charge in [0.25, 0.3) is 0 Å². The molecule has 1 nitrogen and oxygen atoms in total. The molecule has 0 spiro atoms. The zero-order chi connectivity index (χ0) is 7.42. The molecule has 11 heavy (non-hydrogen) atoms. The van der Waals surface area contributed by atoms with Gasteiger partial charge in [0.05, 0.1) is 6.10 Å². The van der Waals surface area contributed by atoms with Crippen LogP contribution in [-0.4, -0.2) is 11.2 Å². The van der Waals surface area contributed by atoms with Gasteiger partial charge in [0.1, 0.15) is 0 Å². The maximum Gasteiger partial charge on any atom is 0.0757 e. The minimum atomic E-state index is -0.102. The molecule has 2 fully saturated rings. The largest absolute Gasteiger partial charge is 0.389 e. The molecule has 0 aromatic carbocycles. The van der Waals surface area contributed by atoms with Gasteiger partial charge in [0, 0.05) is 0 Å². The number of allylic oxidation sites excluding steroid dienone is 1. The molecule has 0 aromatic rings. The summed E-state index contributed by atoms with van der Waals surface area (Å²) in [5, 5.41) is 9.63. The Morgan fingerprint density at radius 2 is 1.91 bits per heavy atom. The summed E-state index contributed by atoms with van der Waals surface area (Å²) in [6, 6.07) is 0. The maximum atomic E-state index is 9.63. The van der Waals surface area contributed by atoms with E-state index in [1.165, 1.54) is 19.3 Å². The van der Waals surface area contributed by atoms with Crippen LogP contribution in [0.4, 0.5) is 0 Å². The highest BCUT2D eigenvalue weighted by atomic mass is 16.3. The Morgan fingerprint density at radius 1 is 1.09 bits per heavy atom. The number of aliphatic hydroxyl groups excluding tert-OH is 1. The Bertz CT molecular complexity index is 209. The van der Waals surface area contributed by atoms with Gasteiger partial charge in [-0.25, -0.2) is 0 Å². The predicted octanol–water partition coefficient (Wildman–Crippen LogP) is 1.58. The van der Waals surface area contributed by atoms with Crippen molar-refractivity contribution < 1.29 is 5.11 Å². The number of hydrogen-bond donors (Lipinski definition) is 1. The van der Waals surface area contributed by atoms with Crippen LogP contribution in [0.2, 0.25) is 0 Å². The van der Waals surface area contributed by atoms with E-state index in [-0.39, 0.29) is 6.10 Å². The lowest BCUT2D eigenvalue weighted by atomic mass is 9.80. The molecule has 2 saturated carbocycles. The molecule has 0 aromatic heterocycles. The molecule has 0 heterocycles. The van der Waals surface area contributed by atoms with Gasteiger partial charge >= 0.3 is 0 Å². The highest BCUT2D eigenvalue weighted by molar-refractivity contribution is 5.16. The van der Waals surface area contributed by atoms with Gasteiger partial charge < -0.3 is 5.11 Å². The van der Waals surface area contributed by atoms with Gasteiger partial charge in [-0.2, -0.15) is 0 Å². The predicted molar refractivity (Wildman–Crippen MR) is 43.0 cm³/mol. The number of hydrogen-bond acceptors (Lipinski definition) is 1. The average Bonchev–Trinajstić information content (AvgIpc) is 2.60. The van der Waals surface area contributed by atoms with Gasteiger partial charge in [-0.05, 0) is 42.9 Å². The van der Waals surface area contributed by atoms with Gasteiger partial charge in [0.15, 0.2) is 0 Å². The number of aliphatic hydroxyl groups is 1. The summed E-state index contributed by atoms with van der Waals surface area (Å²) >= 11 is 0. The molecule has 0 saturated heterocycles. The van der Waals surface area contributed by atoms with E-state index in [9.17, 15) is 5.11 Å². The summed E-state index contributed by atoms with van der Waals surface area (Å²) in [6.45, 7) is 0. The van der Waals surface area contributed by atoms with Crippen LogP contribution in [0.25, 0.3) is 0 Å². The molecule has 0 radical (unpaired) electrons. The molecule has 3 rings (SSSR count). The molecule has 0 amide bonds.